The minimum absolute atomic E-state index is 0.0469. The number of hydrogen-bond acceptors (Lipinski definition) is 7. The van der Waals surface area contributed by atoms with Crippen molar-refractivity contribution < 1.29 is 4.79 Å². The van der Waals surface area contributed by atoms with Gasteiger partial charge in [-0.3, -0.25) is 9.69 Å². The molecule has 28 heavy (non-hydrogen) atoms. The van der Waals surface area contributed by atoms with Crippen molar-refractivity contribution >= 4 is 32.7 Å². The zero-order chi connectivity index (χ0) is 19.3. The molecule has 0 saturated carbocycles. The number of nitrogens with one attached hydrogen (secondary N) is 1. The van der Waals surface area contributed by atoms with Crippen LogP contribution in [-0.4, -0.2) is 84.6 Å². The standard InChI is InChI=1S/C20H30N6OS/c1-2-24-11-13-25(14-12-24)10-8-21-18(27)16-5-4-9-26(15-16)20-23-17-6-3-7-22-19(17)28-20/h3,6-7,16H,2,4-5,8-15H2,1H3,(H,21,27)/t16-/m0/s1. The summed E-state index contributed by atoms with van der Waals surface area (Å²) in [5.74, 6) is 0.238. The van der Waals surface area contributed by atoms with Crippen LogP contribution in [0, 0.1) is 5.92 Å². The van der Waals surface area contributed by atoms with Gasteiger partial charge in [0, 0.05) is 58.6 Å². The molecule has 2 fully saturated rings. The smallest absolute Gasteiger partial charge is 0.224 e. The monoisotopic (exact) mass is 402 g/mol. The van der Waals surface area contributed by atoms with Crippen molar-refractivity contribution in [1.29, 1.82) is 0 Å². The average molecular weight is 403 g/mol. The van der Waals surface area contributed by atoms with Gasteiger partial charge in [0.25, 0.3) is 0 Å². The maximum atomic E-state index is 12.7. The number of aromatic nitrogens is 2. The Labute approximate surface area is 170 Å². The number of rotatable bonds is 6. The van der Waals surface area contributed by atoms with E-state index >= 15 is 0 Å². The molecule has 2 aliphatic heterocycles. The van der Waals surface area contributed by atoms with Gasteiger partial charge in [-0.05, 0) is 31.5 Å². The van der Waals surface area contributed by atoms with E-state index in [1.165, 1.54) is 0 Å². The van der Waals surface area contributed by atoms with Gasteiger partial charge in [-0.25, -0.2) is 9.97 Å². The molecular formula is C20H30N6OS. The molecule has 0 unspecified atom stereocenters. The second kappa shape index (κ2) is 9.15. The van der Waals surface area contributed by atoms with Crippen LogP contribution < -0.4 is 10.2 Å². The Kier molecular flexibility index (Phi) is 6.39. The van der Waals surface area contributed by atoms with E-state index in [1.807, 2.05) is 12.1 Å². The van der Waals surface area contributed by atoms with Crippen molar-refractivity contribution in [2.75, 3.05) is 63.8 Å². The van der Waals surface area contributed by atoms with E-state index in [0.29, 0.717) is 0 Å². The third kappa shape index (κ3) is 4.61. The summed E-state index contributed by atoms with van der Waals surface area (Å²) < 4.78 is 0. The van der Waals surface area contributed by atoms with Crippen LogP contribution in [0.1, 0.15) is 19.8 Å². The van der Waals surface area contributed by atoms with E-state index in [2.05, 4.69) is 31.9 Å². The lowest BCUT2D eigenvalue weighted by Crippen LogP contribution is -2.49. The highest BCUT2D eigenvalue weighted by molar-refractivity contribution is 7.21. The van der Waals surface area contributed by atoms with Crippen LogP contribution in [0.3, 0.4) is 0 Å². The van der Waals surface area contributed by atoms with Gasteiger partial charge in [0.1, 0.15) is 10.3 Å². The number of piperazine rings is 1. The average Bonchev–Trinajstić information content (AvgIpc) is 3.19. The molecule has 8 heteroatoms. The summed E-state index contributed by atoms with van der Waals surface area (Å²) in [5.41, 5.74) is 0.942. The van der Waals surface area contributed by atoms with Crippen LogP contribution in [0.5, 0.6) is 0 Å². The highest BCUT2D eigenvalue weighted by Gasteiger charge is 2.27. The van der Waals surface area contributed by atoms with Gasteiger partial charge >= 0.3 is 0 Å². The molecule has 0 bridgehead atoms. The molecule has 2 aromatic heterocycles. The topological polar surface area (TPSA) is 64.6 Å². The summed E-state index contributed by atoms with van der Waals surface area (Å²) >= 11 is 1.62. The lowest BCUT2D eigenvalue weighted by molar-refractivity contribution is -0.125. The fourth-order valence-electron chi connectivity index (χ4n) is 4.07. The number of carbonyl (C=O) groups excluding carboxylic acids is 1. The zero-order valence-corrected chi connectivity index (χ0v) is 17.5. The summed E-state index contributed by atoms with van der Waals surface area (Å²) in [6, 6.07) is 3.91. The SMILES string of the molecule is CCN1CCN(CCNC(=O)[C@H]2CCCN(c3nc4cccnc4s3)C2)CC1. The largest absolute Gasteiger partial charge is 0.355 e. The molecule has 7 nitrogen and oxygen atoms in total. The second-order valence-electron chi connectivity index (χ2n) is 7.68. The van der Waals surface area contributed by atoms with E-state index in [-0.39, 0.29) is 11.8 Å². The van der Waals surface area contributed by atoms with Gasteiger partial charge in [-0.15, -0.1) is 0 Å². The maximum Gasteiger partial charge on any atom is 0.224 e. The lowest BCUT2D eigenvalue weighted by Gasteiger charge is -2.34. The van der Waals surface area contributed by atoms with Crippen LogP contribution in [-0.2, 0) is 4.79 Å². The van der Waals surface area contributed by atoms with Gasteiger partial charge in [0.05, 0.1) is 5.92 Å². The normalized spacial score (nSPS) is 21.9. The number of anilines is 1. The third-order valence-corrected chi connectivity index (χ3v) is 6.90. The molecule has 0 radical (unpaired) electrons. The number of amides is 1. The van der Waals surface area contributed by atoms with Crippen molar-refractivity contribution in [2.45, 2.75) is 19.8 Å². The first-order chi connectivity index (χ1) is 13.7. The predicted octanol–water partition coefficient (Wildman–Crippen LogP) is 1.66. The molecule has 0 spiro atoms. The number of fused-ring (bicyclic) bond motifs is 1. The van der Waals surface area contributed by atoms with Crippen molar-refractivity contribution in [3.8, 4) is 0 Å². The van der Waals surface area contributed by atoms with Crippen LogP contribution in [0.4, 0.5) is 5.13 Å². The van der Waals surface area contributed by atoms with Crippen LogP contribution in [0.2, 0.25) is 0 Å². The quantitative estimate of drug-likeness (QED) is 0.793. The van der Waals surface area contributed by atoms with Gasteiger partial charge in [0.15, 0.2) is 5.13 Å². The van der Waals surface area contributed by atoms with Gasteiger partial charge in [-0.1, -0.05) is 18.3 Å². The van der Waals surface area contributed by atoms with Crippen LogP contribution in [0.15, 0.2) is 18.3 Å². The molecule has 0 aromatic carbocycles. The molecule has 2 aliphatic rings. The Morgan fingerprint density at radius 1 is 1.25 bits per heavy atom. The van der Waals surface area contributed by atoms with E-state index in [1.54, 1.807) is 17.5 Å². The first-order valence-electron chi connectivity index (χ1n) is 10.4. The number of hydrogen-bond donors (Lipinski definition) is 1. The Morgan fingerprint density at radius 2 is 2.07 bits per heavy atom. The summed E-state index contributed by atoms with van der Waals surface area (Å²) in [6.07, 6.45) is 3.79. The second-order valence-corrected chi connectivity index (χ2v) is 8.63. The fraction of sp³-hybridized carbons (Fsp3) is 0.650. The van der Waals surface area contributed by atoms with Crippen molar-refractivity contribution in [2.24, 2.45) is 5.92 Å². The third-order valence-electron chi connectivity index (χ3n) is 5.86. The number of carbonyl (C=O) groups is 1. The molecule has 1 amide bonds. The minimum Gasteiger partial charge on any atom is -0.355 e. The van der Waals surface area contributed by atoms with Crippen molar-refractivity contribution in [3.63, 3.8) is 0 Å². The number of likely N-dealkylation sites (N-methyl/N-ethyl adjacent to an activating group) is 1. The molecule has 1 N–H and O–H groups in total. The molecule has 0 aliphatic carbocycles. The van der Waals surface area contributed by atoms with E-state index in [9.17, 15) is 4.79 Å². The highest BCUT2D eigenvalue weighted by atomic mass is 32.1. The first kappa shape index (κ1) is 19.5. The Balaban J connectivity index is 1.25. The van der Waals surface area contributed by atoms with Crippen molar-refractivity contribution in [3.05, 3.63) is 18.3 Å². The van der Waals surface area contributed by atoms with E-state index in [0.717, 1.165) is 87.2 Å². The Morgan fingerprint density at radius 3 is 2.86 bits per heavy atom. The minimum atomic E-state index is 0.0469. The highest BCUT2D eigenvalue weighted by Crippen LogP contribution is 2.30. The maximum absolute atomic E-state index is 12.7. The molecule has 4 rings (SSSR count). The van der Waals surface area contributed by atoms with E-state index in [4.69, 9.17) is 4.98 Å². The first-order valence-corrected chi connectivity index (χ1v) is 11.2. The molecule has 4 heterocycles. The van der Waals surface area contributed by atoms with E-state index < -0.39 is 0 Å². The zero-order valence-electron chi connectivity index (χ0n) is 16.6. The number of nitrogens with zero attached hydrogens (tertiary/aromatic N) is 5. The molecule has 2 saturated heterocycles. The predicted molar refractivity (Wildman–Crippen MR) is 114 cm³/mol. The summed E-state index contributed by atoms with van der Waals surface area (Å²) in [6.45, 7) is 11.2. The van der Waals surface area contributed by atoms with Crippen LogP contribution >= 0.6 is 11.3 Å². The van der Waals surface area contributed by atoms with Gasteiger partial charge in [-0.2, -0.15) is 0 Å². The number of thiazole rings is 1. The molecule has 152 valence electrons. The number of piperidine rings is 1. The number of pyridine rings is 1. The summed E-state index contributed by atoms with van der Waals surface area (Å²) in [4.78, 5) is 29.9. The van der Waals surface area contributed by atoms with Gasteiger partial charge in [0.2, 0.25) is 5.91 Å². The summed E-state index contributed by atoms with van der Waals surface area (Å²) in [5, 5.41) is 4.16. The van der Waals surface area contributed by atoms with Crippen molar-refractivity contribution in [1.82, 2.24) is 25.1 Å². The summed E-state index contributed by atoms with van der Waals surface area (Å²) in [7, 11) is 0. The molecule has 2 aromatic rings. The Hall–Kier alpha value is -1.77. The molecular weight excluding hydrogens is 372 g/mol. The van der Waals surface area contributed by atoms with Gasteiger partial charge < -0.3 is 15.1 Å². The van der Waals surface area contributed by atoms with Crippen LogP contribution in [0.25, 0.3) is 10.3 Å². The molecule has 1 atom stereocenters. The Bertz CT molecular complexity index is 755. The lowest BCUT2D eigenvalue weighted by atomic mass is 9.97. The fourth-order valence-corrected chi connectivity index (χ4v) is 5.01.